The zero-order chi connectivity index (χ0) is 10.4. The second-order valence-corrected chi connectivity index (χ2v) is 4.33. The van der Waals surface area contributed by atoms with Crippen LogP contribution in [0.3, 0.4) is 0 Å². The molecule has 0 unspecified atom stereocenters. The van der Waals surface area contributed by atoms with Crippen LogP contribution in [0.2, 0.25) is 0 Å². The summed E-state index contributed by atoms with van der Waals surface area (Å²) in [6, 6.07) is 0. The number of hydrogen-bond donors (Lipinski definition) is 1. The molecule has 0 aliphatic rings. The fourth-order valence-corrected chi connectivity index (χ4v) is 1.72. The van der Waals surface area contributed by atoms with Gasteiger partial charge in [0.05, 0.1) is 6.33 Å². The van der Waals surface area contributed by atoms with Gasteiger partial charge in [0.25, 0.3) is 5.56 Å². The van der Waals surface area contributed by atoms with Crippen LogP contribution in [0.25, 0.3) is 0 Å². The van der Waals surface area contributed by atoms with Gasteiger partial charge >= 0.3 is 0 Å². The van der Waals surface area contributed by atoms with Crippen LogP contribution < -0.4 is 5.56 Å². The molecule has 0 spiro atoms. The van der Waals surface area contributed by atoms with E-state index in [1.54, 1.807) is 10.9 Å². The highest BCUT2D eigenvalue weighted by Crippen LogP contribution is 2.01. The highest BCUT2D eigenvalue weighted by Gasteiger charge is 1.99. The van der Waals surface area contributed by atoms with Crippen molar-refractivity contribution in [2.75, 3.05) is 5.75 Å². The third kappa shape index (κ3) is 3.46. The van der Waals surface area contributed by atoms with E-state index in [0.29, 0.717) is 4.47 Å². The summed E-state index contributed by atoms with van der Waals surface area (Å²) < 4.78 is 2.15. The first-order chi connectivity index (χ1) is 6.75. The Morgan fingerprint density at radius 1 is 1.43 bits per heavy atom. The number of hydrogen-bond acceptors (Lipinski definition) is 3. The monoisotopic (exact) mass is 276 g/mol. The van der Waals surface area contributed by atoms with E-state index < -0.39 is 0 Å². The fraction of sp³-hybridized carbons (Fsp3) is 0.556. The predicted molar refractivity (Wildman–Crippen MR) is 63.9 cm³/mol. The molecule has 78 valence electrons. The summed E-state index contributed by atoms with van der Waals surface area (Å²) >= 11 is 7.29. The largest absolute Gasteiger partial charge is 0.298 e. The third-order valence-electron chi connectivity index (χ3n) is 1.92. The van der Waals surface area contributed by atoms with E-state index in [-0.39, 0.29) is 5.56 Å². The van der Waals surface area contributed by atoms with Crippen molar-refractivity contribution >= 4 is 28.6 Å². The van der Waals surface area contributed by atoms with Gasteiger partial charge in [0.1, 0.15) is 4.47 Å². The van der Waals surface area contributed by atoms with Crippen LogP contribution in [0.15, 0.2) is 21.8 Å². The maximum absolute atomic E-state index is 11.5. The smallest absolute Gasteiger partial charge is 0.267 e. The second kappa shape index (κ2) is 6.24. The van der Waals surface area contributed by atoms with E-state index in [1.807, 2.05) is 0 Å². The molecule has 0 saturated carbocycles. The summed E-state index contributed by atoms with van der Waals surface area (Å²) in [5.74, 6) is 0.908. The minimum atomic E-state index is -0.00845. The van der Waals surface area contributed by atoms with Gasteiger partial charge in [0, 0.05) is 12.7 Å². The quantitative estimate of drug-likeness (QED) is 0.661. The van der Waals surface area contributed by atoms with Gasteiger partial charge in [-0.15, -0.1) is 0 Å². The molecule has 0 fully saturated rings. The first kappa shape index (κ1) is 11.8. The SMILES string of the molecule is O=c1c(Br)cncn1CCCCCS. The van der Waals surface area contributed by atoms with Crippen molar-refractivity contribution in [3.63, 3.8) is 0 Å². The van der Waals surface area contributed by atoms with E-state index >= 15 is 0 Å². The average Bonchev–Trinajstić information content (AvgIpc) is 2.19. The molecule has 1 aromatic rings. The molecule has 0 atom stereocenters. The Kier molecular flexibility index (Phi) is 5.25. The minimum absolute atomic E-state index is 0.00845. The normalized spacial score (nSPS) is 10.4. The van der Waals surface area contributed by atoms with Gasteiger partial charge in [-0.3, -0.25) is 9.36 Å². The third-order valence-corrected chi connectivity index (χ3v) is 2.78. The van der Waals surface area contributed by atoms with E-state index in [4.69, 9.17) is 0 Å². The van der Waals surface area contributed by atoms with Crippen LogP contribution in [0.1, 0.15) is 19.3 Å². The number of nitrogens with zero attached hydrogens (tertiary/aromatic N) is 2. The molecule has 0 N–H and O–H groups in total. The van der Waals surface area contributed by atoms with Crippen LogP contribution in [-0.4, -0.2) is 15.3 Å². The van der Waals surface area contributed by atoms with Gasteiger partial charge in [0.2, 0.25) is 0 Å². The molecular weight excluding hydrogens is 264 g/mol. The maximum atomic E-state index is 11.5. The summed E-state index contributed by atoms with van der Waals surface area (Å²) in [4.78, 5) is 15.4. The Bertz CT molecular complexity index is 340. The Labute approximate surface area is 97.1 Å². The molecule has 1 heterocycles. The zero-order valence-electron chi connectivity index (χ0n) is 7.82. The lowest BCUT2D eigenvalue weighted by atomic mass is 10.2. The fourth-order valence-electron chi connectivity index (χ4n) is 1.15. The number of aryl methyl sites for hydroxylation is 1. The lowest BCUT2D eigenvalue weighted by Gasteiger charge is -2.04. The number of rotatable bonds is 5. The topological polar surface area (TPSA) is 34.9 Å². The maximum Gasteiger partial charge on any atom is 0.267 e. The Hall–Kier alpha value is -0.290. The van der Waals surface area contributed by atoms with Crippen molar-refractivity contribution in [2.24, 2.45) is 0 Å². The summed E-state index contributed by atoms with van der Waals surface area (Å²) in [5.41, 5.74) is -0.00845. The molecule has 0 saturated heterocycles. The Morgan fingerprint density at radius 3 is 2.93 bits per heavy atom. The van der Waals surface area contributed by atoms with Crippen LogP contribution in [0.5, 0.6) is 0 Å². The van der Waals surface area contributed by atoms with Crippen LogP contribution in [0.4, 0.5) is 0 Å². The molecule has 1 aromatic heterocycles. The van der Waals surface area contributed by atoms with Crippen molar-refractivity contribution in [1.29, 1.82) is 0 Å². The highest BCUT2D eigenvalue weighted by atomic mass is 79.9. The molecular formula is C9H13BrN2OS. The minimum Gasteiger partial charge on any atom is -0.298 e. The predicted octanol–water partition coefficient (Wildman–Crippen LogP) is 2.11. The summed E-state index contributed by atoms with van der Waals surface area (Å²) in [7, 11) is 0. The lowest BCUT2D eigenvalue weighted by molar-refractivity contribution is 0.579. The molecule has 0 aliphatic carbocycles. The van der Waals surface area contributed by atoms with E-state index in [1.165, 1.54) is 6.20 Å². The molecule has 14 heavy (non-hydrogen) atoms. The molecule has 5 heteroatoms. The van der Waals surface area contributed by atoms with Crippen molar-refractivity contribution in [3.05, 3.63) is 27.4 Å². The summed E-state index contributed by atoms with van der Waals surface area (Å²) in [5, 5.41) is 0. The van der Waals surface area contributed by atoms with E-state index in [9.17, 15) is 4.79 Å². The molecule has 0 aromatic carbocycles. The van der Waals surface area contributed by atoms with Gasteiger partial charge in [0.15, 0.2) is 0 Å². The van der Waals surface area contributed by atoms with Crippen molar-refractivity contribution in [2.45, 2.75) is 25.8 Å². The van der Waals surface area contributed by atoms with Gasteiger partial charge in [-0.1, -0.05) is 6.42 Å². The first-order valence-corrected chi connectivity index (χ1v) is 5.99. The molecule has 0 amide bonds. The zero-order valence-corrected chi connectivity index (χ0v) is 10.3. The Balaban J connectivity index is 2.51. The standard InChI is InChI=1S/C9H13BrN2OS/c10-8-6-11-7-12(9(8)13)4-2-1-3-5-14/h6-7,14H,1-5H2. The van der Waals surface area contributed by atoms with E-state index in [2.05, 4.69) is 33.5 Å². The molecule has 0 radical (unpaired) electrons. The number of thiol groups is 1. The summed E-state index contributed by atoms with van der Waals surface area (Å²) in [6.07, 6.45) is 6.29. The number of aromatic nitrogens is 2. The molecule has 1 rings (SSSR count). The van der Waals surface area contributed by atoms with E-state index in [0.717, 1.165) is 31.6 Å². The molecule has 3 nitrogen and oxygen atoms in total. The second-order valence-electron chi connectivity index (χ2n) is 3.02. The van der Waals surface area contributed by atoms with Gasteiger partial charge < -0.3 is 0 Å². The highest BCUT2D eigenvalue weighted by molar-refractivity contribution is 9.10. The average molecular weight is 277 g/mol. The van der Waals surface area contributed by atoms with Gasteiger partial charge in [-0.25, -0.2) is 4.98 Å². The van der Waals surface area contributed by atoms with Gasteiger partial charge in [-0.2, -0.15) is 12.6 Å². The Morgan fingerprint density at radius 2 is 2.21 bits per heavy atom. The van der Waals surface area contributed by atoms with Crippen molar-refractivity contribution in [3.8, 4) is 0 Å². The van der Waals surface area contributed by atoms with Crippen LogP contribution >= 0.6 is 28.6 Å². The van der Waals surface area contributed by atoms with Gasteiger partial charge in [-0.05, 0) is 34.5 Å². The number of unbranched alkanes of at least 4 members (excludes halogenated alkanes) is 2. The van der Waals surface area contributed by atoms with Crippen LogP contribution in [0, 0.1) is 0 Å². The molecule has 0 aliphatic heterocycles. The van der Waals surface area contributed by atoms with Crippen molar-refractivity contribution in [1.82, 2.24) is 9.55 Å². The summed E-state index contributed by atoms with van der Waals surface area (Å²) in [6.45, 7) is 0.735. The molecule has 0 bridgehead atoms. The number of halogens is 1. The van der Waals surface area contributed by atoms with Crippen LogP contribution in [-0.2, 0) is 6.54 Å². The first-order valence-electron chi connectivity index (χ1n) is 4.56. The lowest BCUT2D eigenvalue weighted by Crippen LogP contribution is -2.20. The van der Waals surface area contributed by atoms with Crippen molar-refractivity contribution < 1.29 is 0 Å².